The number of pyridine rings is 1. The highest BCUT2D eigenvalue weighted by Crippen LogP contribution is 2.34. The van der Waals surface area contributed by atoms with Gasteiger partial charge in [-0.15, -0.1) is 0 Å². The fourth-order valence-corrected chi connectivity index (χ4v) is 3.20. The van der Waals surface area contributed by atoms with E-state index in [1.807, 2.05) is 42.5 Å². The Morgan fingerprint density at radius 3 is 2.48 bits per heavy atom. The summed E-state index contributed by atoms with van der Waals surface area (Å²) in [5, 5.41) is 13.7. The van der Waals surface area contributed by atoms with E-state index in [0.29, 0.717) is 23.6 Å². The standard InChI is InChI=1S/C23H20FN3O2/c24-22-14-19(29-16-17-4-2-1-3-5-17)6-7-20(22)23-21(15-26-27(23)12-13-28)18-8-10-25-11-9-18/h1-11,14-15,28H,12-13,16H2. The molecule has 0 spiro atoms. The Hall–Kier alpha value is -3.51. The Morgan fingerprint density at radius 1 is 0.966 bits per heavy atom. The lowest BCUT2D eigenvalue weighted by atomic mass is 10.0. The van der Waals surface area contributed by atoms with E-state index in [-0.39, 0.29) is 13.2 Å². The van der Waals surface area contributed by atoms with Crippen LogP contribution >= 0.6 is 0 Å². The maximum Gasteiger partial charge on any atom is 0.136 e. The summed E-state index contributed by atoms with van der Waals surface area (Å²) in [5.41, 5.74) is 3.67. The zero-order valence-corrected chi connectivity index (χ0v) is 15.7. The second-order valence-corrected chi connectivity index (χ2v) is 6.51. The number of ether oxygens (including phenoxy) is 1. The third-order valence-electron chi connectivity index (χ3n) is 4.59. The molecule has 0 aliphatic rings. The van der Waals surface area contributed by atoms with Gasteiger partial charge in [0.2, 0.25) is 0 Å². The van der Waals surface area contributed by atoms with Crippen molar-refractivity contribution in [2.75, 3.05) is 6.61 Å². The molecule has 5 nitrogen and oxygen atoms in total. The molecule has 1 N–H and O–H groups in total. The number of rotatable bonds is 7. The predicted octanol–water partition coefficient (Wildman–Crippen LogP) is 4.32. The third kappa shape index (κ3) is 4.17. The van der Waals surface area contributed by atoms with Crippen LogP contribution in [0.15, 0.2) is 79.3 Å². The van der Waals surface area contributed by atoms with E-state index in [9.17, 15) is 5.11 Å². The lowest BCUT2D eigenvalue weighted by Gasteiger charge is -2.12. The molecule has 0 aliphatic carbocycles. The monoisotopic (exact) mass is 389 g/mol. The topological polar surface area (TPSA) is 60.2 Å². The predicted molar refractivity (Wildman–Crippen MR) is 109 cm³/mol. The average Bonchev–Trinajstić information content (AvgIpc) is 3.17. The highest BCUT2D eigenvalue weighted by Gasteiger charge is 2.18. The van der Waals surface area contributed by atoms with Gasteiger partial charge in [-0.25, -0.2) is 4.39 Å². The second kappa shape index (κ2) is 8.67. The van der Waals surface area contributed by atoms with Gasteiger partial charge >= 0.3 is 0 Å². The molecule has 0 amide bonds. The molecule has 0 radical (unpaired) electrons. The number of nitrogens with zero attached hydrogens (tertiary/aromatic N) is 3. The van der Waals surface area contributed by atoms with Crippen molar-refractivity contribution in [3.63, 3.8) is 0 Å². The maximum absolute atomic E-state index is 15.1. The Bertz CT molecular complexity index is 1080. The van der Waals surface area contributed by atoms with Gasteiger partial charge in [-0.3, -0.25) is 9.67 Å². The minimum Gasteiger partial charge on any atom is -0.489 e. The maximum atomic E-state index is 15.1. The first-order chi connectivity index (χ1) is 14.3. The molecule has 0 unspecified atom stereocenters. The van der Waals surface area contributed by atoms with E-state index in [1.165, 1.54) is 6.07 Å². The molecular formula is C23H20FN3O2. The van der Waals surface area contributed by atoms with Crippen LogP contribution in [0.5, 0.6) is 5.75 Å². The molecule has 2 aromatic carbocycles. The number of aromatic nitrogens is 3. The minimum atomic E-state index is -0.412. The Kier molecular flexibility index (Phi) is 5.63. The smallest absolute Gasteiger partial charge is 0.136 e. The molecule has 29 heavy (non-hydrogen) atoms. The van der Waals surface area contributed by atoms with Gasteiger partial charge in [-0.1, -0.05) is 30.3 Å². The summed E-state index contributed by atoms with van der Waals surface area (Å²) in [6, 6.07) is 18.2. The van der Waals surface area contributed by atoms with Gasteiger partial charge in [0.15, 0.2) is 0 Å². The van der Waals surface area contributed by atoms with Gasteiger partial charge in [-0.05, 0) is 35.4 Å². The van der Waals surface area contributed by atoms with Crippen LogP contribution in [0.3, 0.4) is 0 Å². The Labute approximate surface area is 168 Å². The van der Waals surface area contributed by atoms with Gasteiger partial charge in [-0.2, -0.15) is 5.10 Å². The van der Waals surface area contributed by atoms with E-state index in [2.05, 4.69) is 10.1 Å². The lowest BCUT2D eigenvalue weighted by molar-refractivity contribution is 0.270. The average molecular weight is 389 g/mol. The van der Waals surface area contributed by atoms with Crippen molar-refractivity contribution in [1.29, 1.82) is 0 Å². The molecule has 2 aromatic heterocycles. The van der Waals surface area contributed by atoms with E-state index in [0.717, 1.165) is 16.7 Å². The molecule has 4 rings (SSSR count). The molecule has 0 aliphatic heterocycles. The number of hydrogen-bond acceptors (Lipinski definition) is 4. The summed E-state index contributed by atoms with van der Waals surface area (Å²) in [7, 11) is 0. The van der Waals surface area contributed by atoms with Crippen molar-refractivity contribution < 1.29 is 14.2 Å². The SMILES string of the molecule is OCCn1ncc(-c2ccncc2)c1-c1ccc(OCc2ccccc2)cc1F. The molecule has 6 heteroatoms. The zero-order chi connectivity index (χ0) is 20.1. The third-order valence-corrected chi connectivity index (χ3v) is 4.59. The summed E-state index contributed by atoms with van der Waals surface area (Å²) in [4.78, 5) is 4.03. The van der Waals surface area contributed by atoms with Crippen LogP contribution in [-0.4, -0.2) is 26.5 Å². The van der Waals surface area contributed by atoms with E-state index in [1.54, 1.807) is 35.4 Å². The quantitative estimate of drug-likeness (QED) is 0.511. The summed E-state index contributed by atoms with van der Waals surface area (Å²) in [6.45, 7) is 0.542. The fraction of sp³-hybridized carbons (Fsp3) is 0.130. The molecule has 0 saturated carbocycles. The summed E-state index contributed by atoms with van der Waals surface area (Å²) in [5.74, 6) is 0.0411. The summed E-state index contributed by atoms with van der Waals surface area (Å²) >= 11 is 0. The lowest BCUT2D eigenvalue weighted by Crippen LogP contribution is -2.06. The van der Waals surface area contributed by atoms with E-state index >= 15 is 4.39 Å². The number of aliphatic hydroxyl groups is 1. The molecular weight excluding hydrogens is 369 g/mol. The molecule has 0 saturated heterocycles. The molecule has 0 atom stereocenters. The van der Waals surface area contributed by atoms with Crippen LogP contribution in [0.25, 0.3) is 22.4 Å². The van der Waals surface area contributed by atoms with E-state index in [4.69, 9.17) is 4.74 Å². The van der Waals surface area contributed by atoms with E-state index < -0.39 is 5.82 Å². The van der Waals surface area contributed by atoms with Crippen molar-refractivity contribution in [3.8, 4) is 28.1 Å². The van der Waals surface area contributed by atoms with Gasteiger partial charge in [0, 0.05) is 29.6 Å². The van der Waals surface area contributed by atoms with Gasteiger partial charge in [0.25, 0.3) is 0 Å². The largest absolute Gasteiger partial charge is 0.489 e. The zero-order valence-electron chi connectivity index (χ0n) is 15.7. The van der Waals surface area contributed by atoms with Crippen molar-refractivity contribution in [2.24, 2.45) is 0 Å². The first-order valence-electron chi connectivity index (χ1n) is 9.30. The molecule has 2 heterocycles. The van der Waals surface area contributed by atoms with Crippen LogP contribution in [-0.2, 0) is 13.2 Å². The van der Waals surface area contributed by atoms with Gasteiger partial charge < -0.3 is 9.84 Å². The number of halogens is 1. The molecule has 146 valence electrons. The normalized spacial score (nSPS) is 10.8. The van der Waals surface area contributed by atoms with Crippen LogP contribution in [0.4, 0.5) is 4.39 Å². The van der Waals surface area contributed by atoms with Crippen molar-refractivity contribution >= 4 is 0 Å². The summed E-state index contributed by atoms with van der Waals surface area (Å²) < 4.78 is 22.4. The highest BCUT2D eigenvalue weighted by molar-refractivity contribution is 5.81. The van der Waals surface area contributed by atoms with Crippen molar-refractivity contribution in [1.82, 2.24) is 14.8 Å². The summed E-state index contributed by atoms with van der Waals surface area (Å²) in [6.07, 6.45) is 5.04. The van der Waals surface area contributed by atoms with Crippen LogP contribution in [0.1, 0.15) is 5.56 Å². The number of aliphatic hydroxyl groups excluding tert-OH is 1. The van der Waals surface area contributed by atoms with Crippen molar-refractivity contribution in [2.45, 2.75) is 13.2 Å². The minimum absolute atomic E-state index is 0.0929. The second-order valence-electron chi connectivity index (χ2n) is 6.51. The fourth-order valence-electron chi connectivity index (χ4n) is 3.20. The number of benzene rings is 2. The highest BCUT2D eigenvalue weighted by atomic mass is 19.1. The molecule has 0 fully saturated rings. The first-order valence-corrected chi connectivity index (χ1v) is 9.30. The van der Waals surface area contributed by atoms with Crippen LogP contribution in [0, 0.1) is 5.82 Å². The number of hydrogen-bond donors (Lipinski definition) is 1. The van der Waals surface area contributed by atoms with Gasteiger partial charge in [0.1, 0.15) is 18.2 Å². The van der Waals surface area contributed by atoms with Crippen molar-refractivity contribution in [3.05, 3.63) is 90.6 Å². The molecule has 4 aromatic rings. The van der Waals surface area contributed by atoms with Gasteiger partial charge in [0.05, 0.1) is 25.0 Å². The Balaban J connectivity index is 1.66. The first kappa shape index (κ1) is 18.8. The van der Waals surface area contributed by atoms with Crippen LogP contribution < -0.4 is 4.74 Å². The molecule has 0 bridgehead atoms. The Morgan fingerprint density at radius 2 is 1.76 bits per heavy atom. The van der Waals surface area contributed by atoms with Crippen LogP contribution in [0.2, 0.25) is 0 Å².